The molecule has 0 bridgehead atoms. The van der Waals surface area contributed by atoms with Gasteiger partial charge in [-0.3, -0.25) is 19.3 Å². The SMILES string of the molecule is C=CC(=O)N1CCN(c2nc(OC[C@@H]3C[C@@H](OCCOCCOCCOCCOCCOc4ccc(-c5csc([C@@H]6CCCN6C(=O)C(NC(=O)[C@H](C)NC)C6CCCCC6)n5)c5ccccc45)CN3C)nc3c2CCN(c2cccc4ccccc24)C3)C[C@@H]1CC#N. The first kappa shape index (κ1) is 67.1. The summed E-state index contributed by atoms with van der Waals surface area (Å²) in [4.78, 5) is 66.2. The molecule has 93 heavy (non-hydrogen) atoms. The van der Waals surface area contributed by atoms with Gasteiger partial charge < -0.3 is 63.4 Å². The largest absolute Gasteiger partial charge is 0.491 e. The number of anilines is 2. The average molecular weight is 1290 g/mol. The molecule has 22 heteroatoms. The first-order valence-electron chi connectivity index (χ1n) is 33.4. The van der Waals surface area contributed by atoms with Gasteiger partial charge >= 0.3 is 6.01 Å². The molecule has 3 amide bonds. The molecule has 1 saturated carbocycles. The number of nitrogens with one attached hydrogen (secondary N) is 2. The van der Waals surface area contributed by atoms with Crippen LogP contribution in [0.15, 0.2) is 96.9 Å². The lowest BCUT2D eigenvalue weighted by Gasteiger charge is -2.42. The van der Waals surface area contributed by atoms with Crippen molar-refractivity contribution >= 4 is 62.1 Å². The van der Waals surface area contributed by atoms with Crippen molar-refractivity contribution in [2.24, 2.45) is 5.92 Å². The van der Waals surface area contributed by atoms with Gasteiger partial charge in [-0.15, -0.1) is 11.3 Å². The van der Waals surface area contributed by atoms with Crippen LogP contribution in [0.1, 0.15) is 87.0 Å². The highest BCUT2D eigenvalue weighted by atomic mass is 32.1. The summed E-state index contributed by atoms with van der Waals surface area (Å²) in [6, 6.07) is 28.5. The van der Waals surface area contributed by atoms with Crippen molar-refractivity contribution in [1.82, 2.24) is 40.3 Å². The van der Waals surface area contributed by atoms with E-state index in [4.69, 9.17) is 48.1 Å². The Balaban J connectivity index is 0.563. The molecule has 11 rings (SSSR count). The van der Waals surface area contributed by atoms with Gasteiger partial charge in [-0.2, -0.15) is 15.2 Å². The standard InChI is InChI=1S/C71H91N11O10S/c1-5-65(83)81-32-31-80(44-52(81)26-28-72)67-59-27-30-79(62-22-13-18-50-15-9-10-19-55(50)62)46-60(59)75-71(77-67)92-47-53-43-54(45-78(53)4)90-41-39-88-37-35-86-33-34-87-36-38-89-40-42-91-64-25-24-57(56-20-11-12-21-58(56)64)61-48-93-69(74-61)63-23-14-29-82(63)70(85)66(51-16-7-6-8-17-51)76-68(84)49(2)73-3/h5,9-13,15,18-22,24-25,48-49,51-54,63,66,73H,1,6-8,14,16-17,23,26-27,29-47H2,2-4H3,(H,76,84)/t49-,52-,53-,54+,63-,66?/m0/s1. The molecule has 5 aliphatic rings. The van der Waals surface area contributed by atoms with Crippen molar-refractivity contribution in [1.29, 1.82) is 5.26 Å². The Hall–Kier alpha value is -7.33. The van der Waals surface area contributed by atoms with Gasteiger partial charge in [0.2, 0.25) is 17.7 Å². The van der Waals surface area contributed by atoms with E-state index < -0.39 is 6.04 Å². The third-order valence-electron chi connectivity index (χ3n) is 18.9. The molecular formula is C71H91N11O10S. The number of likely N-dealkylation sites (tertiary alicyclic amines) is 2. The molecule has 1 aliphatic carbocycles. The number of amides is 3. The monoisotopic (exact) mass is 1290 g/mol. The van der Waals surface area contributed by atoms with Crippen molar-refractivity contribution in [3.05, 3.63) is 113 Å². The van der Waals surface area contributed by atoms with Gasteiger partial charge in [0.1, 0.15) is 35.8 Å². The van der Waals surface area contributed by atoms with Crippen molar-refractivity contribution < 1.29 is 47.5 Å². The quantitative estimate of drug-likeness (QED) is 0.0308. The fourth-order valence-electron chi connectivity index (χ4n) is 13.8. The topological polar surface area (TPSA) is 219 Å². The van der Waals surface area contributed by atoms with Crippen LogP contribution in [0.25, 0.3) is 32.8 Å². The molecule has 4 fully saturated rings. The Bertz CT molecular complexity index is 3520. The van der Waals surface area contributed by atoms with E-state index in [2.05, 4.69) is 111 Å². The second-order valence-corrected chi connectivity index (χ2v) is 25.8. The number of nitrogens with zero attached hydrogens (tertiary/aromatic N) is 9. The fraction of sp³-hybridized carbons (Fsp3) is 0.535. The zero-order chi connectivity index (χ0) is 64.5. The smallest absolute Gasteiger partial charge is 0.318 e. The predicted molar refractivity (Wildman–Crippen MR) is 360 cm³/mol. The molecule has 6 aromatic rings. The lowest BCUT2D eigenvalue weighted by atomic mass is 9.83. The molecule has 3 saturated heterocycles. The second-order valence-electron chi connectivity index (χ2n) is 24.9. The van der Waals surface area contributed by atoms with E-state index in [1.54, 1.807) is 23.3 Å². The molecule has 0 spiro atoms. The number of carbonyl (C=O) groups excluding carboxylic acids is 3. The first-order chi connectivity index (χ1) is 45.6. The van der Waals surface area contributed by atoms with Gasteiger partial charge in [0.05, 0.1) is 114 Å². The highest BCUT2D eigenvalue weighted by Gasteiger charge is 2.41. The van der Waals surface area contributed by atoms with Crippen molar-refractivity contribution in [2.75, 3.05) is 136 Å². The van der Waals surface area contributed by atoms with Gasteiger partial charge in [-0.1, -0.05) is 86.5 Å². The maximum atomic E-state index is 14.4. The number of ether oxygens (including phenoxy) is 7. The van der Waals surface area contributed by atoms with E-state index in [1.807, 2.05) is 30.0 Å². The van der Waals surface area contributed by atoms with Crippen LogP contribution in [0.4, 0.5) is 11.5 Å². The summed E-state index contributed by atoms with van der Waals surface area (Å²) in [5.41, 5.74) is 5.04. The summed E-state index contributed by atoms with van der Waals surface area (Å²) < 4.78 is 42.2. The minimum Gasteiger partial charge on any atom is -0.491 e. The zero-order valence-electron chi connectivity index (χ0n) is 54.2. The van der Waals surface area contributed by atoms with Gasteiger partial charge in [0.25, 0.3) is 0 Å². The molecule has 2 N–H and O–H groups in total. The molecule has 2 aromatic heterocycles. The number of benzene rings is 4. The summed E-state index contributed by atoms with van der Waals surface area (Å²) in [7, 11) is 3.85. The number of fused-ring (bicyclic) bond motifs is 3. The van der Waals surface area contributed by atoms with E-state index in [1.165, 1.54) is 23.3 Å². The number of carbonyl (C=O) groups is 3. The summed E-state index contributed by atoms with van der Waals surface area (Å²) in [6.07, 6.45) is 10.1. The molecule has 0 radical (unpaired) electrons. The lowest BCUT2D eigenvalue weighted by molar-refractivity contribution is -0.139. The highest BCUT2D eigenvalue weighted by Crippen LogP contribution is 2.41. The Morgan fingerprint density at radius 3 is 2.22 bits per heavy atom. The fourth-order valence-corrected chi connectivity index (χ4v) is 14.8. The highest BCUT2D eigenvalue weighted by molar-refractivity contribution is 7.10. The van der Waals surface area contributed by atoms with E-state index in [0.717, 1.165) is 120 Å². The molecular weight excluding hydrogens is 1200 g/mol. The van der Waals surface area contributed by atoms with Gasteiger partial charge in [0.15, 0.2) is 0 Å². The maximum Gasteiger partial charge on any atom is 0.318 e. The van der Waals surface area contributed by atoms with E-state index in [0.29, 0.717) is 111 Å². The van der Waals surface area contributed by atoms with Gasteiger partial charge in [-0.05, 0) is 101 Å². The number of hydrogen-bond acceptors (Lipinski definition) is 19. The zero-order valence-corrected chi connectivity index (χ0v) is 55.0. The average Bonchev–Trinajstić information content (AvgIpc) is 1.49. The number of rotatable bonds is 31. The summed E-state index contributed by atoms with van der Waals surface area (Å²) in [5.74, 6) is 1.42. The molecule has 4 aromatic carbocycles. The van der Waals surface area contributed by atoms with Crippen LogP contribution in [0, 0.1) is 17.2 Å². The van der Waals surface area contributed by atoms with Crippen LogP contribution in [-0.2, 0) is 51.0 Å². The maximum absolute atomic E-state index is 14.4. The Labute approximate surface area is 550 Å². The second kappa shape index (κ2) is 33.2. The summed E-state index contributed by atoms with van der Waals surface area (Å²) in [5, 5.41) is 23.3. The normalized spacial score (nSPS) is 20.2. The third-order valence-corrected chi connectivity index (χ3v) is 19.9. The van der Waals surface area contributed by atoms with Gasteiger partial charge in [-0.25, -0.2) is 4.98 Å². The van der Waals surface area contributed by atoms with Crippen LogP contribution in [0.2, 0.25) is 0 Å². The Kier molecular flexibility index (Phi) is 23.9. The number of thiazole rings is 1. The molecule has 4 aliphatic heterocycles. The summed E-state index contributed by atoms with van der Waals surface area (Å²) >= 11 is 1.59. The van der Waals surface area contributed by atoms with Crippen molar-refractivity contribution in [2.45, 2.75) is 114 Å². The number of piperazine rings is 1. The van der Waals surface area contributed by atoms with Gasteiger partial charge in [0, 0.05) is 78.3 Å². The van der Waals surface area contributed by atoms with Crippen LogP contribution in [0.5, 0.6) is 11.8 Å². The number of likely N-dealkylation sites (N-methyl/N-ethyl adjacent to an activating group) is 2. The lowest BCUT2D eigenvalue weighted by Crippen LogP contribution is -2.55. The van der Waals surface area contributed by atoms with E-state index in [9.17, 15) is 19.6 Å². The number of aromatic nitrogens is 3. The van der Waals surface area contributed by atoms with E-state index in [-0.39, 0.29) is 60.3 Å². The van der Waals surface area contributed by atoms with Crippen LogP contribution < -0.4 is 29.9 Å². The first-order valence-corrected chi connectivity index (χ1v) is 34.3. The predicted octanol–water partition coefficient (Wildman–Crippen LogP) is 8.54. The molecule has 6 heterocycles. The molecule has 6 atom stereocenters. The molecule has 496 valence electrons. The third kappa shape index (κ3) is 16.8. The number of nitriles is 1. The summed E-state index contributed by atoms with van der Waals surface area (Å²) in [6.45, 7) is 14.6. The van der Waals surface area contributed by atoms with Crippen LogP contribution in [-0.4, -0.2) is 204 Å². The Morgan fingerprint density at radius 1 is 0.742 bits per heavy atom. The molecule has 21 nitrogen and oxygen atoms in total. The van der Waals surface area contributed by atoms with Crippen LogP contribution >= 0.6 is 11.3 Å². The minimum absolute atomic E-state index is 0.0134. The Morgan fingerprint density at radius 2 is 1.46 bits per heavy atom. The van der Waals surface area contributed by atoms with Crippen molar-refractivity contribution in [3.8, 4) is 29.1 Å². The van der Waals surface area contributed by atoms with Crippen LogP contribution in [0.3, 0.4) is 0 Å². The number of hydrogen-bond donors (Lipinski definition) is 2. The van der Waals surface area contributed by atoms with E-state index >= 15 is 0 Å². The molecule has 1 unspecified atom stereocenters. The minimum atomic E-state index is -0.534. The van der Waals surface area contributed by atoms with Crippen molar-refractivity contribution in [3.63, 3.8) is 0 Å².